The zero-order valence-corrected chi connectivity index (χ0v) is 18.6. The molecule has 0 aliphatic carbocycles. The molecule has 1 unspecified atom stereocenters. The monoisotopic (exact) mass is 499 g/mol. The molecular weight excluding hydrogens is 485 g/mol. The highest BCUT2D eigenvalue weighted by Crippen LogP contribution is 2.38. The van der Waals surface area contributed by atoms with Gasteiger partial charge in [-0.3, -0.25) is 4.79 Å². The fourth-order valence-corrected chi connectivity index (χ4v) is 4.16. The summed E-state index contributed by atoms with van der Waals surface area (Å²) < 4.78 is 20.0. The summed E-state index contributed by atoms with van der Waals surface area (Å²) in [4.78, 5) is 17.0. The number of aromatic nitrogens is 1. The van der Waals surface area contributed by atoms with Crippen LogP contribution in [-0.4, -0.2) is 16.1 Å². The van der Waals surface area contributed by atoms with E-state index in [9.17, 15) is 19.7 Å². The van der Waals surface area contributed by atoms with Crippen molar-refractivity contribution >= 4 is 45.1 Å². The molecule has 0 spiro atoms. The number of halogens is 2. The van der Waals surface area contributed by atoms with E-state index in [1.54, 1.807) is 25.1 Å². The molecule has 3 aromatic rings. The van der Waals surface area contributed by atoms with Gasteiger partial charge in [-0.15, -0.1) is 0 Å². The molecule has 0 bridgehead atoms. The minimum absolute atomic E-state index is 0.0188. The smallest absolute Gasteiger partial charge is 0.237 e. The highest BCUT2D eigenvalue weighted by Gasteiger charge is 2.26. The molecule has 7 nitrogen and oxygen atoms in total. The predicted octanol–water partition coefficient (Wildman–Crippen LogP) is 5.08. The molecule has 3 rings (SSSR count). The number of furan rings is 1. The Hall–Kier alpha value is -3.34. The predicted molar refractivity (Wildman–Crippen MR) is 118 cm³/mol. The number of carbonyl (C=O) groups excluding carboxylic acids is 1. The van der Waals surface area contributed by atoms with Gasteiger partial charge in [0.15, 0.2) is 0 Å². The molecule has 2 heterocycles. The average molecular weight is 500 g/mol. The van der Waals surface area contributed by atoms with E-state index in [2.05, 4.69) is 26.2 Å². The van der Waals surface area contributed by atoms with Gasteiger partial charge in [0.2, 0.25) is 5.91 Å². The number of carbonyl (C=O) groups is 1. The lowest BCUT2D eigenvalue weighted by molar-refractivity contribution is -0.115. The van der Waals surface area contributed by atoms with Gasteiger partial charge in [-0.25, -0.2) is 9.37 Å². The standard InChI is InChI=1S/C21H15BrFN5O2S/c1-2-17(20(29)27-15-6-5-11(22)8-14(15)23)31-21-13(10-25)18(16-4-3-7-30-16)12(9-24)19(26)28-21/h3-8,17H,2H2,1H3,(H2,26,28)(H,27,29). The quantitative estimate of drug-likeness (QED) is 0.452. The Bertz CT molecular complexity index is 1220. The summed E-state index contributed by atoms with van der Waals surface area (Å²) in [6.07, 6.45) is 1.79. The van der Waals surface area contributed by atoms with Crippen molar-refractivity contribution in [3.05, 3.63) is 58.0 Å². The van der Waals surface area contributed by atoms with Crippen molar-refractivity contribution in [2.45, 2.75) is 23.6 Å². The molecule has 2 aromatic heterocycles. The summed E-state index contributed by atoms with van der Waals surface area (Å²) in [5.41, 5.74) is 6.31. The van der Waals surface area contributed by atoms with Gasteiger partial charge >= 0.3 is 0 Å². The van der Waals surface area contributed by atoms with Crippen molar-refractivity contribution < 1.29 is 13.6 Å². The molecule has 0 fully saturated rings. The van der Waals surface area contributed by atoms with Gasteiger partial charge in [-0.1, -0.05) is 34.6 Å². The normalized spacial score (nSPS) is 11.4. The van der Waals surface area contributed by atoms with Crippen LogP contribution in [0.3, 0.4) is 0 Å². The van der Waals surface area contributed by atoms with Crippen LogP contribution in [-0.2, 0) is 4.79 Å². The van der Waals surface area contributed by atoms with Crippen LogP contribution in [0.5, 0.6) is 0 Å². The first-order valence-electron chi connectivity index (χ1n) is 8.99. The number of thioether (sulfide) groups is 1. The summed E-state index contributed by atoms with van der Waals surface area (Å²) in [5, 5.41) is 21.3. The maximum absolute atomic E-state index is 14.1. The topological polar surface area (TPSA) is 129 Å². The van der Waals surface area contributed by atoms with Gasteiger partial charge in [0, 0.05) is 4.47 Å². The summed E-state index contributed by atoms with van der Waals surface area (Å²) >= 11 is 4.18. The number of hydrogen-bond acceptors (Lipinski definition) is 7. The Balaban J connectivity index is 1.97. The lowest BCUT2D eigenvalue weighted by Crippen LogP contribution is -2.25. The molecule has 0 saturated carbocycles. The number of nitrogens with zero attached hydrogens (tertiary/aromatic N) is 3. The number of anilines is 2. The van der Waals surface area contributed by atoms with Crippen LogP contribution in [0.15, 0.2) is 50.5 Å². The number of benzene rings is 1. The molecule has 0 aliphatic heterocycles. The third-order valence-electron chi connectivity index (χ3n) is 4.29. The molecule has 0 saturated heterocycles. The molecule has 0 aliphatic rings. The second-order valence-electron chi connectivity index (χ2n) is 6.26. The van der Waals surface area contributed by atoms with E-state index in [-0.39, 0.29) is 33.2 Å². The Kier molecular flexibility index (Phi) is 6.95. The van der Waals surface area contributed by atoms with E-state index < -0.39 is 17.0 Å². The van der Waals surface area contributed by atoms with Crippen molar-refractivity contribution in [3.8, 4) is 23.5 Å². The van der Waals surface area contributed by atoms with Crippen molar-refractivity contribution in [2.24, 2.45) is 0 Å². The van der Waals surface area contributed by atoms with Crippen LogP contribution in [0.2, 0.25) is 0 Å². The van der Waals surface area contributed by atoms with Crippen LogP contribution >= 0.6 is 27.7 Å². The second-order valence-corrected chi connectivity index (χ2v) is 8.36. The lowest BCUT2D eigenvalue weighted by atomic mass is 10.0. The second kappa shape index (κ2) is 9.65. The largest absolute Gasteiger partial charge is 0.464 e. The number of pyridine rings is 1. The first-order chi connectivity index (χ1) is 14.9. The number of amides is 1. The Morgan fingerprint density at radius 2 is 2.10 bits per heavy atom. The number of rotatable bonds is 6. The van der Waals surface area contributed by atoms with Crippen LogP contribution in [0.1, 0.15) is 24.5 Å². The molecule has 31 heavy (non-hydrogen) atoms. The van der Waals surface area contributed by atoms with Crippen molar-refractivity contribution in [1.29, 1.82) is 10.5 Å². The number of nitrogens with two attached hydrogens (primary N) is 1. The Labute approximate surface area is 190 Å². The van der Waals surface area contributed by atoms with E-state index in [1.807, 2.05) is 12.1 Å². The minimum Gasteiger partial charge on any atom is -0.464 e. The Morgan fingerprint density at radius 3 is 2.68 bits per heavy atom. The molecule has 3 N–H and O–H groups in total. The molecule has 0 radical (unpaired) electrons. The SMILES string of the molecule is CCC(Sc1nc(N)c(C#N)c(-c2ccco2)c1C#N)C(=O)Nc1ccc(Br)cc1F. The average Bonchev–Trinajstić information content (AvgIpc) is 3.27. The van der Waals surface area contributed by atoms with Crippen LogP contribution in [0.4, 0.5) is 15.9 Å². The third-order valence-corrected chi connectivity index (χ3v) is 6.13. The fourth-order valence-electron chi connectivity index (χ4n) is 2.81. The van der Waals surface area contributed by atoms with Crippen molar-refractivity contribution in [3.63, 3.8) is 0 Å². The lowest BCUT2D eigenvalue weighted by Gasteiger charge is -2.17. The Morgan fingerprint density at radius 1 is 1.35 bits per heavy atom. The molecular formula is C21H15BrFN5O2S. The number of nitrogen functional groups attached to an aromatic ring is 1. The summed E-state index contributed by atoms with van der Waals surface area (Å²) in [6.45, 7) is 1.78. The van der Waals surface area contributed by atoms with Gasteiger partial charge in [0.05, 0.1) is 28.3 Å². The van der Waals surface area contributed by atoms with E-state index in [0.717, 1.165) is 11.8 Å². The first kappa shape index (κ1) is 22.3. The number of nitrogens with one attached hydrogen (secondary N) is 1. The first-order valence-corrected chi connectivity index (χ1v) is 10.7. The highest BCUT2D eigenvalue weighted by atomic mass is 79.9. The van der Waals surface area contributed by atoms with Crippen molar-refractivity contribution in [2.75, 3.05) is 11.1 Å². The zero-order chi connectivity index (χ0) is 22.5. The van der Waals surface area contributed by atoms with Crippen LogP contribution < -0.4 is 11.1 Å². The molecule has 1 amide bonds. The molecule has 156 valence electrons. The summed E-state index contributed by atoms with van der Waals surface area (Å²) in [5.74, 6) is -0.828. The number of hydrogen-bond donors (Lipinski definition) is 2. The highest BCUT2D eigenvalue weighted by molar-refractivity contribution is 9.10. The van der Waals surface area contributed by atoms with Gasteiger partial charge in [-0.2, -0.15) is 10.5 Å². The molecule has 10 heteroatoms. The van der Waals surface area contributed by atoms with E-state index >= 15 is 0 Å². The van der Waals surface area contributed by atoms with E-state index in [4.69, 9.17) is 10.2 Å². The molecule has 1 atom stereocenters. The summed E-state index contributed by atoms with van der Waals surface area (Å²) in [7, 11) is 0. The van der Waals surface area contributed by atoms with Crippen molar-refractivity contribution in [1.82, 2.24) is 4.98 Å². The minimum atomic E-state index is -0.695. The number of nitriles is 2. The van der Waals surface area contributed by atoms with Crippen LogP contribution in [0, 0.1) is 28.5 Å². The van der Waals surface area contributed by atoms with Gasteiger partial charge in [0.1, 0.15) is 40.1 Å². The van der Waals surface area contributed by atoms with Gasteiger partial charge in [-0.05, 0) is 36.8 Å². The molecule has 1 aromatic carbocycles. The van der Waals surface area contributed by atoms with E-state index in [1.165, 1.54) is 18.4 Å². The van der Waals surface area contributed by atoms with E-state index in [0.29, 0.717) is 16.7 Å². The van der Waals surface area contributed by atoms with Crippen LogP contribution in [0.25, 0.3) is 11.3 Å². The van der Waals surface area contributed by atoms with Gasteiger partial charge < -0.3 is 15.5 Å². The van der Waals surface area contributed by atoms with Gasteiger partial charge in [0.25, 0.3) is 0 Å². The maximum atomic E-state index is 14.1. The fraction of sp³-hybridized carbons (Fsp3) is 0.143. The maximum Gasteiger partial charge on any atom is 0.237 e. The zero-order valence-electron chi connectivity index (χ0n) is 16.1. The summed E-state index contributed by atoms with van der Waals surface area (Å²) in [6, 6.07) is 11.5. The third kappa shape index (κ3) is 4.71.